The first-order valence-corrected chi connectivity index (χ1v) is 5.22. The number of halogens is 2. The second-order valence-corrected chi connectivity index (χ2v) is 3.82. The summed E-state index contributed by atoms with van der Waals surface area (Å²) in [7, 11) is 7.31. The van der Waals surface area contributed by atoms with Gasteiger partial charge in [0.05, 0.1) is 20.3 Å². The third kappa shape index (κ3) is 4.53. The highest BCUT2D eigenvalue weighted by Crippen LogP contribution is 2.30. The maximum atomic E-state index is 5.78. The Morgan fingerprint density at radius 2 is 1.78 bits per heavy atom. The van der Waals surface area contributed by atoms with Gasteiger partial charge in [-0.3, -0.25) is 0 Å². The van der Waals surface area contributed by atoms with Crippen LogP contribution in [0.25, 0.3) is 0 Å². The number of ether oxygens (including phenoxy) is 2. The Hall–Kier alpha value is -0.680. The fourth-order valence-electron chi connectivity index (χ4n) is 1.72. The zero-order valence-electron chi connectivity index (χ0n) is 11.2. The van der Waals surface area contributed by atoms with Crippen LogP contribution >= 0.6 is 24.8 Å². The lowest BCUT2D eigenvalue weighted by molar-refractivity contribution is 0.293. The monoisotopic (exact) mass is 296 g/mol. The van der Waals surface area contributed by atoms with Gasteiger partial charge in [0.15, 0.2) is 0 Å². The lowest BCUT2D eigenvalue weighted by Crippen LogP contribution is -2.27. The maximum Gasteiger partial charge on any atom is 0.123 e. The molecule has 0 aliphatic rings. The Morgan fingerprint density at radius 3 is 2.17 bits per heavy atom. The molecule has 1 atom stereocenters. The van der Waals surface area contributed by atoms with E-state index in [0.717, 1.165) is 17.1 Å². The van der Waals surface area contributed by atoms with Crippen molar-refractivity contribution in [3.63, 3.8) is 0 Å². The van der Waals surface area contributed by atoms with Crippen molar-refractivity contribution in [1.29, 1.82) is 0 Å². The Kier molecular flexibility index (Phi) is 10.1. The highest BCUT2D eigenvalue weighted by atomic mass is 35.5. The molecule has 18 heavy (non-hydrogen) atoms. The summed E-state index contributed by atoms with van der Waals surface area (Å²) < 4.78 is 10.6. The van der Waals surface area contributed by atoms with Crippen LogP contribution in [-0.2, 0) is 0 Å². The van der Waals surface area contributed by atoms with E-state index < -0.39 is 0 Å². The minimum absolute atomic E-state index is 0. The van der Waals surface area contributed by atoms with Gasteiger partial charge in [0.25, 0.3) is 0 Å². The Labute approximate surface area is 121 Å². The second-order valence-electron chi connectivity index (χ2n) is 3.82. The number of nitrogens with two attached hydrogens (primary N) is 1. The van der Waals surface area contributed by atoms with Crippen LogP contribution in [0.5, 0.6) is 11.5 Å². The van der Waals surface area contributed by atoms with Crippen molar-refractivity contribution < 1.29 is 9.47 Å². The van der Waals surface area contributed by atoms with Gasteiger partial charge in [-0.2, -0.15) is 0 Å². The molecule has 0 saturated carbocycles. The van der Waals surface area contributed by atoms with E-state index in [-0.39, 0.29) is 30.9 Å². The van der Waals surface area contributed by atoms with Gasteiger partial charge in [-0.15, -0.1) is 24.8 Å². The molecule has 0 bridgehead atoms. The van der Waals surface area contributed by atoms with Crippen LogP contribution < -0.4 is 15.2 Å². The van der Waals surface area contributed by atoms with Crippen molar-refractivity contribution in [2.45, 2.75) is 6.04 Å². The van der Waals surface area contributed by atoms with Crippen LogP contribution in [0.1, 0.15) is 11.6 Å². The van der Waals surface area contributed by atoms with Gasteiger partial charge in [0, 0.05) is 12.1 Å². The molecule has 2 N–H and O–H groups in total. The molecule has 0 radical (unpaired) electrons. The largest absolute Gasteiger partial charge is 0.497 e. The van der Waals surface area contributed by atoms with Gasteiger partial charge in [0.1, 0.15) is 11.5 Å². The van der Waals surface area contributed by atoms with Crippen molar-refractivity contribution in [2.24, 2.45) is 5.73 Å². The molecule has 0 fully saturated rings. The van der Waals surface area contributed by atoms with E-state index in [0.29, 0.717) is 6.54 Å². The number of nitrogens with zero attached hydrogens (tertiary/aromatic N) is 1. The average Bonchev–Trinajstić information content (AvgIpc) is 2.29. The predicted molar refractivity (Wildman–Crippen MR) is 79.5 cm³/mol. The highest BCUT2D eigenvalue weighted by Gasteiger charge is 2.17. The summed E-state index contributed by atoms with van der Waals surface area (Å²) in [4.78, 5) is 2.07. The highest BCUT2D eigenvalue weighted by molar-refractivity contribution is 5.85. The Morgan fingerprint density at radius 1 is 1.17 bits per heavy atom. The molecule has 0 aromatic heterocycles. The Bertz CT molecular complexity index is 349. The van der Waals surface area contributed by atoms with E-state index in [2.05, 4.69) is 4.90 Å². The molecule has 0 heterocycles. The third-order valence-corrected chi connectivity index (χ3v) is 2.64. The minimum Gasteiger partial charge on any atom is -0.497 e. The molecule has 1 rings (SSSR count). The summed E-state index contributed by atoms with van der Waals surface area (Å²) in [5, 5.41) is 0. The number of rotatable bonds is 5. The summed E-state index contributed by atoms with van der Waals surface area (Å²) >= 11 is 0. The van der Waals surface area contributed by atoms with Gasteiger partial charge in [-0.25, -0.2) is 0 Å². The lowest BCUT2D eigenvalue weighted by Gasteiger charge is -2.25. The van der Waals surface area contributed by atoms with Gasteiger partial charge in [0.2, 0.25) is 0 Å². The maximum absolute atomic E-state index is 5.78. The first-order chi connectivity index (χ1) is 7.63. The van der Waals surface area contributed by atoms with Crippen LogP contribution in [0, 0.1) is 0 Å². The van der Waals surface area contributed by atoms with Crippen molar-refractivity contribution in [3.05, 3.63) is 23.8 Å². The van der Waals surface area contributed by atoms with Crippen LogP contribution in [0.15, 0.2) is 18.2 Å². The molecule has 4 nitrogen and oxygen atoms in total. The summed E-state index contributed by atoms with van der Waals surface area (Å²) in [6.07, 6.45) is 0. The zero-order chi connectivity index (χ0) is 12.1. The van der Waals surface area contributed by atoms with Crippen LogP contribution in [0.4, 0.5) is 0 Å². The molecule has 1 aromatic carbocycles. The van der Waals surface area contributed by atoms with Crippen LogP contribution in [-0.4, -0.2) is 39.8 Å². The standard InChI is InChI=1S/C12H20N2O2.2ClH/c1-14(2)11(8-13)10-7-9(15-3)5-6-12(10)16-4;;/h5-7,11H,8,13H2,1-4H3;2*1H. The zero-order valence-corrected chi connectivity index (χ0v) is 12.8. The van der Waals surface area contributed by atoms with Gasteiger partial charge >= 0.3 is 0 Å². The van der Waals surface area contributed by atoms with Gasteiger partial charge < -0.3 is 20.1 Å². The molecule has 6 heteroatoms. The fourth-order valence-corrected chi connectivity index (χ4v) is 1.72. The molecule has 1 unspecified atom stereocenters. The first-order valence-electron chi connectivity index (χ1n) is 5.22. The van der Waals surface area contributed by atoms with Crippen molar-refractivity contribution >= 4 is 24.8 Å². The second kappa shape index (κ2) is 9.28. The molecular weight excluding hydrogens is 275 g/mol. The van der Waals surface area contributed by atoms with Crippen LogP contribution in [0.3, 0.4) is 0 Å². The smallest absolute Gasteiger partial charge is 0.123 e. The molecule has 0 amide bonds. The first kappa shape index (κ1) is 19.7. The number of hydrogen-bond acceptors (Lipinski definition) is 4. The average molecular weight is 297 g/mol. The number of benzene rings is 1. The molecule has 1 aromatic rings. The summed E-state index contributed by atoms with van der Waals surface area (Å²) in [6.45, 7) is 0.538. The summed E-state index contributed by atoms with van der Waals surface area (Å²) in [5.41, 5.74) is 6.83. The summed E-state index contributed by atoms with van der Waals surface area (Å²) in [5.74, 6) is 1.65. The number of hydrogen-bond donors (Lipinski definition) is 1. The molecular formula is C12H22Cl2N2O2. The predicted octanol–water partition coefficient (Wildman–Crippen LogP) is 2.11. The SMILES string of the molecule is COc1ccc(OC)c(C(CN)N(C)C)c1.Cl.Cl. The van der Waals surface area contributed by atoms with E-state index in [1.54, 1.807) is 14.2 Å². The van der Waals surface area contributed by atoms with Crippen molar-refractivity contribution in [3.8, 4) is 11.5 Å². The topological polar surface area (TPSA) is 47.7 Å². The number of methoxy groups -OCH3 is 2. The molecule has 106 valence electrons. The van der Waals surface area contributed by atoms with Crippen LogP contribution in [0.2, 0.25) is 0 Å². The quantitative estimate of drug-likeness (QED) is 0.904. The van der Waals surface area contributed by atoms with Crippen molar-refractivity contribution in [1.82, 2.24) is 4.90 Å². The third-order valence-electron chi connectivity index (χ3n) is 2.64. The van der Waals surface area contributed by atoms with E-state index in [1.807, 2.05) is 32.3 Å². The fraction of sp³-hybridized carbons (Fsp3) is 0.500. The van der Waals surface area contributed by atoms with Crippen molar-refractivity contribution in [2.75, 3.05) is 34.9 Å². The van der Waals surface area contributed by atoms with E-state index in [4.69, 9.17) is 15.2 Å². The normalized spacial score (nSPS) is 11.2. The van der Waals surface area contributed by atoms with E-state index in [9.17, 15) is 0 Å². The molecule has 0 aliphatic heterocycles. The Balaban J connectivity index is 0. The van der Waals surface area contributed by atoms with Gasteiger partial charge in [-0.05, 0) is 32.3 Å². The number of likely N-dealkylation sites (N-methyl/N-ethyl adjacent to an activating group) is 1. The minimum atomic E-state index is 0. The summed E-state index contributed by atoms with van der Waals surface area (Å²) in [6, 6.07) is 5.88. The van der Waals surface area contributed by atoms with Gasteiger partial charge in [-0.1, -0.05) is 0 Å². The lowest BCUT2D eigenvalue weighted by atomic mass is 10.0. The molecule has 0 spiro atoms. The van der Waals surface area contributed by atoms with E-state index >= 15 is 0 Å². The van der Waals surface area contributed by atoms with E-state index in [1.165, 1.54) is 0 Å². The molecule has 0 aliphatic carbocycles. The molecule has 0 saturated heterocycles.